The Kier molecular flexibility index (Phi) is 8.30. The number of carbonyl (C=O) groups is 2. The number of carbonyl (C=O) groups excluding carboxylic acids is 2. The Bertz CT molecular complexity index is 935. The molecule has 2 rings (SSSR count). The number of hydrogen-bond acceptors (Lipinski definition) is 6. The number of methoxy groups -OCH3 is 1. The first-order valence-corrected chi connectivity index (χ1v) is 9.53. The predicted octanol–water partition coefficient (Wildman–Crippen LogP) is 2.67. The highest BCUT2D eigenvalue weighted by Crippen LogP contribution is 2.30. The van der Waals surface area contributed by atoms with Gasteiger partial charge in [-0.2, -0.15) is 0 Å². The zero-order valence-corrected chi connectivity index (χ0v) is 17.5. The van der Waals surface area contributed by atoms with Crippen molar-refractivity contribution in [3.8, 4) is 11.5 Å². The molecule has 0 saturated heterocycles. The number of rotatable bonds is 10. The average Bonchev–Trinajstić information content (AvgIpc) is 2.76. The molecule has 0 aliphatic heterocycles. The quantitative estimate of drug-likeness (QED) is 0.456. The van der Waals surface area contributed by atoms with Gasteiger partial charge in [-0.05, 0) is 37.6 Å². The fourth-order valence-electron chi connectivity index (χ4n) is 2.82. The summed E-state index contributed by atoms with van der Waals surface area (Å²) in [7, 11) is 1.29. The van der Waals surface area contributed by atoms with Crippen LogP contribution in [0.3, 0.4) is 0 Å². The predicted molar refractivity (Wildman–Crippen MR) is 110 cm³/mol. The third-order valence-corrected chi connectivity index (χ3v) is 4.49. The molecule has 0 aliphatic carbocycles. The molecule has 0 heterocycles. The van der Waals surface area contributed by atoms with Crippen molar-refractivity contribution in [2.75, 3.05) is 20.3 Å². The lowest BCUT2D eigenvalue weighted by Crippen LogP contribution is -2.49. The molecule has 0 fully saturated rings. The minimum Gasteiger partial charge on any atom is -0.490 e. The van der Waals surface area contributed by atoms with Crippen molar-refractivity contribution in [2.24, 2.45) is 0 Å². The number of ether oxygens (including phenoxy) is 2. The van der Waals surface area contributed by atoms with Gasteiger partial charge in [0.1, 0.15) is 17.6 Å². The lowest BCUT2D eigenvalue weighted by molar-refractivity contribution is -0.385. The number of nitrogens with one attached hydrogen (secondary N) is 1. The van der Waals surface area contributed by atoms with Gasteiger partial charge < -0.3 is 19.7 Å². The van der Waals surface area contributed by atoms with E-state index in [0.717, 1.165) is 0 Å². The maximum absolute atomic E-state index is 13.2. The molecule has 1 atom stereocenters. The van der Waals surface area contributed by atoms with Crippen LogP contribution in [0.15, 0.2) is 42.5 Å². The second-order valence-electron chi connectivity index (χ2n) is 6.60. The Balaban J connectivity index is 2.17. The molecule has 0 radical (unpaired) electrons. The van der Waals surface area contributed by atoms with E-state index in [1.165, 1.54) is 54.5 Å². The summed E-state index contributed by atoms with van der Waals surface area (Å²) in [5.41, 5.74) is 0.409. The van der Waals surface area contributed by atoms with Gasteiger partial charge in [0.25, 0.3) is 5.91 Å². The SMILES string of the molecule is CCNC(=O)C(C)N(Cc1ccc(F)cc1)C(=O)COc1ccc([N+](=O)[O-])c(OC)c1. The van der Waals surface area contributed by atoms with Crippen LogP contribution in [0.25, 0.3) is 0 Å². The van der Waals surface area contributed by atoms with Gasteiger partial charge in [0.15, 0.2) is 6.61 Å². The number of nitro benzene ring substituents is 1. The molecular formula is C21H24FN3O6. The van der Waals surface area contributed by atoms with Crippen LogP contribution < -0.4 is 14.8 Å². The molecule has 0 saturated carbocycles. The van der Waals surface area contributed by atoms with E-state index >= 15 is 0 Å². The number of nitro groups is 1. The number of benzene rings is 2. The lowest BCUT2D eigenvalue weighted by atomic mass is 10.1. The van der Waals surface area contributed by atoms with Crippen LogP contribution in [-0.4, -0.2) is 47.9 Å². The van der Waals surface area contributed by atoms with Gasteiger partial charge in [0, 0.05) is 25.2 Å². The van der Waals surface area contributed by atoms with Crippen LogP contribution in [0.4, 0.5) is 10.1 Å². The standard InChI is InChI=1S/C21H24FN3O6/c1-4-23-21(27)14(2)24(12-15-5-7-16(22)8-6-15)20(26)13-31-17-9-10-18(25(28)29)19(11-17)30-3/h5-11,14H,4,12-13H2,1-3H3,(H,23,27). The first-order valence-electron chi connectivity index (χ1n) is 9.53. The zero-order chi connectivity index (χ0) is 23.0. The van der Waals surface area contributed by atoms with Crippen LogP contribution in [0, 0.1) is 15.9 Å². The van der Waals surface area contributed by atoms with Crippen LogP contribution >= 0.6 is 0 Å². The van der Waals surface area contributed by atoms with E-state index in [1.807, 2.05) is 0 Å². The van der Waals surface area contributed by atoms with Gasteiger partial charge in [-0.15, -0.1) is 0 Å². The van der Waals surface area contributed by atoms with Crippen molar-refractivity contribution in [3.05, 3.63) is 64.0 Å². The molecule has 2 aromatic rings. The summed E-state index contributed by atoms with van der Waals surface area (Å²) in [4.78, 5) is 36.9. The molecule has 0 aliphatic rings. The molecule has 1 unspecified atom stereocenters. The topological polar surface area (TPSA) is 111 Å². The number of nitrogens with zero attached hydrogens (tertiary/aromatic N) is 2. The highest BCUT2D eigenvalue weighted by molar-refractivity contribution is 5.87. The summed E-state index contributed by atoms with van der Waals surface area (Å²) in [6.45, 7) is 3.42. The molecule has 0 bridgehead atoms. The number of halogens is 1. The number of hydrogen-bond donors (Lipinski definition) is 1. The first kappa shape index (κ1) is 23.6. The van der Waals surface area contributed by atoms with Crippen molar-refractivity contribution in [1.29, 1.82) is 0 Å². The smallest absolute Gasteiger partial charge is 0.311 e. The zero-order valence-electron chi connectivity index (χ0n) is 17.5. The molecule has 10 heteroatoms. The van der Waals surface area contributed by atoms with Gasteiger partial charge in [0.2, 0.25) is 11.7 Å². The minimum atomic E-state index is -0.799. The second-order valence-corrected chi connectivity index (χ2v) is 6.60. The van der Waals surface area contributed by atoms with Crippen molar-refractivity contribution in [3.63, 3.8) is 0 Å². The molecule has 2 amide bonds. The molecule has 0 aromatic heterocycles. The lowest BCUT2D eigenvalue weighted by Gasteiger charge is -2.28. The summed E-state index contributed by atoms with van der Waals surface area (Å²) in [6, 6.07) is 8.68. The van der Waals surface area contributed by atoms with Gasteiger partial charge in [-0.1, -0.05) is 12.1 Å². The van der Waals surface area contributed by atoms with Gasteiger partial charge >= 0.3 is 5.69 Å². The summed E-state index contributed by atoms with van der Waals surface area (Å²) >= 11 is 0. The molecule has 1 N–H and O–H groups in total. The number of amides is 2. The van der Waals surface area contributed by atoms with Crippen molar-refractivity contribution < 1.29 is 28.4 Å². The van der Waals surface area contributed by atoms with E-state index in [-0.39, 0.29) is 29.6 Å². The third kappa shape index (κ3) is 6.39. The fraction of sp³-hybridized carbons (Fsp3) is 0.333. The van der Waals surface area contributed by atoms with E-state index in [1.54, 1.807) is 13.8 Å². The summed E-state index contributed by atoms with van der Waals surface area (Å²) in [5.74, 6) is -1.04. The first-order chi connectivity index (χ1) is 14.8. The van der Waals surface area contributed by atoms with Crippen molar-refractivity contribution >= 4 is 17.5 Å². The van der Waals surface area contributed by atoms with Crippen LogP contribution in [0.2, 0.25) is 0 Å². The van der Waals surface area contributed by atoms with Crippen molar-refractivity contribution in [1.82, 2.24) is 10.2 Å². The van der Waals surface area contributed by atoms with Gasteiger partial charge in [-0.3, -0.25) is 19.7 Å². The normalized spacial score (nSPS) is 11.4. The average molecular weight is 433 g/mol. The van der Waals surface area contributed by atoms with E-state index in [0.29, 0.717) is 12.1 Å². The second kappa shape index (κ2) is 10.9. The van der Waals surface area contributed by atoms with Crippen LogP contribution in [0.5, 0.6) is 11.5 Å². The summed E-state index contributed by atoms with van der Waals surface area (Å²) in [5, 5.41) is 13.7. The van der Waals surface area contributed by atoms with Crippen molar-refractivity contribution in [2.45, 2.75) is 26.4 Å². The Labute approximate surface area is 178 Å². The highest BCUT2D eigenvalue weighted by Gasteiger charge is 2.26. The molecule has 9 nitrogen and oxygen atoms in total. The van der Waals surface area contributed by atoms with Crippen LogP contribution in [-0.2, 0) is 16.1 Å². The molecule has 2 aromatic carbocycles. The van der Waals surface area contributed by atoms with E-state index in [4.69, 9.17) is 9.47 Å². The summed E-state index contributed by atoms with van der Waals surface area (Å²) < 4.78 is 23.7. The third-order valence-electron chi connectivity index (χ3n) is 4.49. The maximum Gasteiger partial charge on any atom is 0.311 e. The minimum absolute atomic E-state index is 0.00573. The van der Waals surface area contributed by atoms with Gasteiger partial charge in [-0.25, -0.2) is 4.39 Å². The monoisotopic (exact) mass is 433 g/mol. The molecule has 31 heavy (non-hydrogen) atoms. The van der Waals surface area contributed by atoms with E-state index in [9.17, 15) is 24.1 Å². The fourth-order valence-corrected chi connectivity index (χ4v) is 2.82. The van der Waals surface area contributed by atoms with E-state index < -0.39 is 29.3 Å². The summed E-state index contributed by atoms with van der Waals surface area (Å²) in [6.07, 6.45) is 0. The molecule has 166 valence electrons. The van der Waals surface area contributed by atoms with Gasteiger partial charge in [0.05, 0.1) is 12.0 Å². The Hall–Kier alpha value is -3.69. The molecular weight excluding hydrogens is 409 g/mol. The van der Waals surface area contributed by atoms with Crippen LogP contribution in [0.1, 0.15) is 19.4 Å². The van der Waals surface area contributed by atoms with E-state index in [2.05, 4.69) is 5.32 Å². The number of likely N-dealkylation sites (N-methyl/N-ethyl adjacent to an activating group) is 1. The maximum atomic E-state index is 13.2. The Morgan fingerprint density at radius 3 is 2.48 bits per heavy atom. The Morgan fingerprint density at radius 2 is 1.90 bits per heavy atom. The Morgan fingerprint density at radius 1 is 1.23 bits per heavy atom. The molecule has 0 spiro atoms. The largest absolute Gasteiger partial charge is 0.490 e. The highest BCUT2D eigenvalue weighted by atomic mass is 19.1.